The average Bonchev–Trinajstić information content (AvgIpc) is 1.96. The Balaban J connectivity index is 3.24. The van der Waals surface area contributed by atoms with Gasteiger partial charge < -0.3 is 0 Å². The van der Waals surface area contributed by atoms with E-state index in [0.29, 0.717) is 0 Å². The first-order chi connectivity index (χ1) is 5.15. The molecule has 0 aliphatic heterocycles. The minimum absolute atomic E-state index is 0.908. The molecule has 60 valence electrons. The molecule has 1 aromatic carbocycles. The Bertz CT molecular complexity index is 271. The molecule has 1 rings (SSSR count). The van der Waals surface area contributed by atoms with Gasteiger partial charge in [-0.05, 0) is 62.6 Å². The van der Waals surface area contributed by atoms with Gasteiger partial charge in [0.1, 0.15) is 0 Å². The van der Waals surface area contributed by atoms with Crippen molar-refractivity contribution < 1.29 is 0 Å². The molecule has 0 heterocycles. The van der Waals surface area contributed by atoms with Crippen molar-refractivity contribution in [1.29, 1.82) is 0 Å². The largest absolute Gasteiger partial charge is 0.0876 e. The van der Waals surface area contributed by atoms with Crippen molar-refractivity contribution in [2.24, 2.45) is 0 Å². The number of benzene rings is 1. The maximum Gasteiger partial charge on any atom is 0.0349 e. The van der Waals surface area contributed by atoms with Crippen LogP contribution in [0.5, 0.6) is 0 Å². The maximum absolute atomic E-state index is 3.54. The molecule has 1 aromatic rings. The van der Waals surface area contributed by atoms with Crippen LogP contribution in [0, 0.1) is 10.5 Å². The summed E-state index contributed by atoms with van der Waals surface area (Å²) in [6, 6.07) is 4.35. The molecule has 0 fully saturated rings. The van der Waals surface area contributed by atoms with Gasteiger partial charge in [0.15, 0.2) is 0 Å². The first kappa shape index (κ1) is 9.99. The van der Waals surface area contributed by atoms with Crippen LogP contribution in [0.2, 0.25) is 0 Å². The summed E-state index contributed by atoms with van der Waals surface area (Å²) in [4.78, 5) is 0. The van der Waals surface area contributed by atoms with E-state index in [0.717, 1.165) is 5.33 Å². The first-order valence-electron chi connectivity index (χ1n) is 3.15. The quantitative estimate of drug-likeness (QED) is 0.497. The van der Waals surface area contributed by atoms with Crippen LogP contribution < -0.4 is 0 Å². The molecular weight excluding hydrogens is 383 g/mol. The molecule has 0 saturated carbocycles. The molecule has 3 heteroatoms. The second-order valence-corrected chi connectivity index (χ2v) is 4.87. The highest BCUT2D eigenvalue weighted by molar-refractivity contribution is 14.1. The zero-order valence-corrected chi connectivity index (χ0v) is 11.3. The van der Waals surface area contributed by atoms with Crippen molar-refractivity contribution in [3.63, 3.8) is 0 Å². The van der Waals surface area contributed by atoms with Crippen molar-refractivity contribution in [2.75, 3.05) is 0 Å². The number of hydrogen-bond acceptors (Lipinski definition) is 0. The third-order valence-corrected chi connectivity index (χ3v) is 4.52. The van der Waals surface area contributed by atoms with E-state index in [1.165, 1.54) is 19.2 Å². The van der Waals surface area contributed by atoms with Gasteiger partial charge in [-0.25, -0.2) is 0 Å². The average molecular weight is 390 g/mol. The maximum atomic E-state index is 3.54. The van der Waals surface area contributed by atoms with E-state index in [4.69, 9.17) is 0 Å². The highest BCUT2D eigenvalue weighted by Gasteiger charge is 2.02. The highest BCUT2D eigenvalue weighted by atomic mass is 127. The second-order valence-electron chi connectivity index (χ2n) is 2.35. The lowest BCUT2D eigenvalue weighted by atomic mass is 10.2. The minimum Gasteiger partial charge on any atom is -0.0876 e. The fourth-order valence-electron chi connectivity index (χ4n) is 0.894. The SMILES string of the molecule is Cc1cc(I)c(Br)c(CBr)c1. The summed E-state index contributed by atoms with van der Waals surface area (Å²) in [5.74, 6) is 0. The van der Waals surface area contributed by atoms with E-state index in [-0.39, 0.29) is 0 Å². The molecular formula is C8H7Br2I. The summed E-state index contributed by atoms with van der Waals surface area (Å²) >= 11 is 9.31. The predicted molar refractivity (Wildman–Crippen MR) is 64.2 cm³/mol. The Kier molecular flexibility index (Phi) is 3.85. The van der Waals surface area contributed by atoms with Crippen molar-refractivity contribution in [3.05, 3.63) is 31.3 Å². The molecule has 0 nitrogen and oxygen atoms in total. The van der Waals surface area contributed by atoms with E-state index in [2.05, 4.69) is 73.5 Å². The molecule has 0 bridgehead atoms. The van der Waals surface area contributed by atoms with Crippen LogP contribution in [0.1, 0.15) is 11.1 Å². The van der Waals surface area contributed by atoms with Crippen molar-refractivity contribution >= 4 is 54.5 Å². The molecule has 0 atom stereocenters. The van der Waals surface area contributed by atoms with E-state index < -0.39 is 0 Å². The fraction of sp³-hybridized carbons (Fsp3) is 0.250. The van der Waals surface area contributed by atoms with E-state index >= 15 is 0 Å². The summed E-state index contributed by atoms with van der Waals surface area (Å²) < 4.78 is 2.48. The first-order valence-corrected chi connectivity index (χ1v) is 6.15. The van der Waals surface area contributed by atoms with E-state index in [9.17, 15) is 0 Å². The lowest BCUT2D eigenvalue weighted by molar-refractivity contribution is 1.32. The Hall–Kier alpha value is 0.910. The monoisotopic (exact) mass is 388 g/mol. The van der Waals surface area contributed by atoms with Crippen LogP contribution in [0.25, 0.3) is 0 Å². The molecule has 0 N–H and O–H groups in total. The number of alkyl halides is 1. The summed E-state index contributed by atoms with van der Waals surface area (Å²) in [5, 5.41) is 0.908. The van der Waals surface area contributed by atoms with Gasteiger partial charge in [-0.3, -0.25) is 0 Å². The molecule has 0 unspecified atom stereocenters. The zero-order valence-electron chi connectivity index (χ0n) is 6.00. The van der Waals surface area contributed by atoms with E-state index in [1.54, 1.807) is 0 Å². The summed E-state index contributed by atoms with van der Waals surface area (Å²) in [5.41, 5.74) is 2.63. The second kappa shape index (κ2) is 4.23. The smallest absolute Gasteiger partial charge is 0.0349 e. The van der Waals surface area contributed by atoms with Gasteiger partial charge in [0, 0.05) is 13.4 Å². The van der Waals surface area contributed by atoms with Crippen LogP contribution >= 0.6 is 54.5 Å². The molecule has 0 saturated heterocycles. The Morgan fingerprint density at radius 3 is 2.64 bits per heavy atom. The standard InChI is InChI=1S/C8H7Br2I/c1-5-2-6(4-9)8(10)7(11)3-5/h2-3H,4H2,1H3. The summed E-state index contributed by atoms with van der Waals surface area (Å²) in [6.45, 7) is 2.11. The number of rotatable bonds is 1. The van der Waals surface area contributed by atoms with Crippen LogP contribution in [-0.2, 0) is 5.33 Å². The van der Waals surface area contributed by atoms with Gasteiger partial charge >= 0.3 is 0 Å². The molecule has 0 aliphatic carbocycles. The minimum atomic E-state index is 0.908. The molecule has 0 spiro atoms. The molecule has 11 heavy (non-hydrogen) atoms. The van der Waals surface area contributed by atoms with Crippen LogP contribution in [0.3, 0.4) is 0 Å². The molecule has 0 aromatic heterocycles. The lowest BCUT2D eigenvalue weighted by Crippen LogP contribution is -1.86. The molecule has 0 radical (unpaired) electrons. The van der Waals surface area contributed by atoms with Gasteiger partial charge in [-0.2, -0.15) is 0 Å². The predicted octanol–water partition coefficient (Wildman–Crippen LogP) is 4.26. The van der Waals surface area contributed by atoms with Crippen LogP contribution in [0.15, 0.2) is 16.6 Å². The molecule has 0 amide bonds. The van der Waals surface area contributed by atoms with Gasteiger partial charge in [-0.15, -0.1) is 0 Å². The van der Waals surface area contributed by atoms with Crippen molar-refractivity contribution in [3.8, 4) is 0 Å². The zero-order chi connectivity index (χ0) is 8.43. The van der Waals surface area contributed by atoms with E-state index in [1.807, 2.05) is 0 Å². The van der Waals surface area contributed by atoms with Crippen LogP contribution in [0.4, 0.5) is 0 Å². The molecule has 0 aliphatic rings. The fourth-order valence-corrected chi connectivity index (χ4v) is 2.92. The van der Waals surface area contributed by atoms with Crippen molar-refractivity contribution in [2.45, 2.75) is 12.3 Å². The summed E-state index contributed by atoms with van der Waals surface area (Å²) in [7, 11) is 0. The number of hydrogen-bond donors (Lipinski definition) is 0. The number of halogens is 3. The topological polar surface area (TPSA) is 0 Å². The van der Waals surface area contributed by atoms with Gasteiger partial charge in [0.05, 0.1) is 0 Å². The Morgan fingerprint density at radius 1 is 1.45 bits per heavy atom. The third kappa shape index (κ3) is 2.42. The number of aryl methyl sites for hydroxylation is 1. The highest BCUT2D eigenvalue weighted by Crippen LogP contribution is 2.26. The van der Waals surface area contributed by atoms with Gasteiger partial charge in [-0.1, -0.05) is 22.0 Å². The van der Waals surface area contributed by atoms with Crippen molar-refractivity contribution in [1.82, 2.24) is 0 Å². The Morgan fingerprint density at radius 2 is 2.09 bits per heavy atom. The third-order valence-electron chi connectivity index (χ3n) is 1.39. The van der Waals surface area contributed by atoms with Crippen LogP contribution in [-0.4, -0.2) is 0 Å². The lowest BCUT2D eigenvalue weighted by Gasteiger charge is -2.04. The van der Waals surface area contributed by atoms with Gasteiger partial charge in [0.2, 0.25) is 0 Å². The normalized spacial score (nSPS) is 10.2. The Labute approximate surface area is 97.2 Å². The van der Waals surface area contributed by atoms with Gasteiger partial charge in [0.25, 0.3) is 0 Å². The summed E-state index contributed by atoms with van der Waals surface area (Å²) in [6.07, 6.45) is 0.